The number of phenols is 1. The molecule has 3 aromatic carbocycles. The van der Waals surface area contributed by atoms with Crippen LogP contribution in [0, 0.1) is 36.7 Å². The number of carbonyl (C=O) groups excluding carboxylic acids is 4. The lowest BCUT2D eigenvalue weighted by Crippen LogP contribution is -2.43. The van der Waals surface area contributed by atoms with E-state index in [1.165, 1.54) is 21.9 Å². The Morgan fingerprint density at radius 2 is 1.24 bits per heavy atom. The predicted molar refractivity (Wildman–Crippen MR) is 174 cm³/mol. The minimum Gasteiger partial charge on any atom is -0.508 e. The van der Waals surface area contributed by atoms with Crippen LogP contribution in [0.2, 0.25) is 5.02 Å². The summed E-state index contributed by atoms with van der Waals surface area (Å²) in [5.41, 5.74) is 2.52. The number of anilines is 2. The Balaban J connectivity index is 1.34. The largest absolute Gasteiger partial charge is 0.508 e. The molecule has 42 heavy (non-hydrogen) atoms. The zero-order valence-electron chi connectivity index (χ0n) is 21.9. The summed E-state index contributed by atoms with van der Waals surface area (Å²) >= 11 is 11.0. The van der Waals surface area contributed by atoms with Gasteiger partial charge < -0.3 is 5.11 Å². The summed E-state index contributed by atoms with van der Waals surface area (Å²) in [4.78, 5) is 58.4. The SMILES string of the molecule is O=C1C2CC=C3C(CC4C(=O)N(c5ccc(I)cc5)C(=O)C4C3c3ccc(O)cc3Cl)C2C(=O)N1c1ccc(I)cc1. The van der Waals surface area contributed by atoms with E-state index < -0.39 is 35.5 Å². The van der Waals surface area contributed by atoms with Crippen molar-refractivity contribution in [3.8, 4) is 5.75 Å². The van der Waals surface area contributed by atoms with Gasteiger partial charge in [-0.15, -0.1) is 0 Å². The van der Waals surface area contributed by atoms with Crippen molar-refractivity contribution in [2.24, 2.45) is 29.6 Å². The quantitative estimate of drug-likeness (QED) is 0.191. The normalized spacial score (nSPS) is 28.5. The summed E-state index contributed by atoms with van der Waals surface area (Å²) in [7, 11) is 0. The van der Waals surface area contributed by atoms with Crippen molar-refractivity contribution in [3.05, 3.63) is 96.1 Å². The van der Waals surface area contributed by atoms with E-state index in [0.29, 0.717) is 23.4 Å². The molecule has 4 aliphatic rings. The van der Waals surface area contributed by atoms with Crippen LogP contribution in [0.4, 0.5) is 11.4 Å². The molecular formula is C32H23ClI2N2O5. The van der Waals surface area contributed by atoms with Crippen LogP contribution in [0.25, 0.3) is 0 Å². The lowest BCUT2D eigenvalue weighted by atomic mass is 9.57. The molecule has 0 bridgehead atoms. The molecule has 7 rings (SSSR count). The third kappa shape index (κ3) is 4.25. The van der Waals surface area contributed by atoms with Crippen molar-refractivity contribution in [1.82, 2.24) is 0 Å². The second kappa shape index (κ2) is 10.4. The molecule has 6 unspecified atom stereocenters. The van der Waals surface area contributed by atoms with Gasteiger partial charge >= 0.3 is 0 Å². The van der Waals surface area contributed by atoms with Gasteiger partial charge in [-0.25, -0.2) is 0 Å². The highest BCUT2D eigenvalue weighted by molar-refractivity contribution is 14.1. The van der Waals surface area contributed by atoms with Gasteiger partial charge in [0.2, 0.25) is 23.6 Å². The Hall–Kier alpha value is -2.77. The zero-order valence-corrected chi connectivity index (χ0v) is 27.0. The average molecular weight is 805 g/mol. The number of aromatic hydroxyl groups is 1. The van der Waals surface area contributed by atoms with Gasteiger partial charge in [0, 0.05) is 18.1 Å². The van der Waals surface area contributed by atoms with E-state index >= 15 is 0 Å². The molecule has 2 heterocycles. The molecule has 3 aromatic rings. The van der Waals surface area contributed by atoms with Crippen molar-refractivity contribution in [1.29, 1.82) is 0 Å². The Labute approximate surface area is 274 Å². The van der Waals surface area contributed by atoms with Crippen molar-refractivity contribution < 1.29 is 24.3 Å². The van der Waals surface area contributed by atoms with E-state index in [-0.39, 0.29) is 40.8 Å². The summed E-state index contributed by atoms with van der Waals surface area (Å²) in [6.45, 7) is 0. The molecule has 4 amide bonds. The third-order valence-corrected chi connectivity index (χ3v) is 10.9. The minimum atomic E-state index is -0.725. The monoisotopic (exact) mass is 804 g/mol. The lowest BCUT2D eigenvalue weighted by molar-refractivity contribution is -0.126. The summed E-state index contributed by atoms with van der Waals surface area (Å²) in [6.07, 6.45) is 2.63. The number of allylic oxidation sites excluding steroid dienone is 2. The fraction of sp³-hybridized carbons (Fsp3) is 0.250. The van der Waals surface area contributed by atoms with Crippen molar-refractivity contribution >= 4 is 91.8 Å². The summed E-state index contributed by atoms with van der Waals surface area (Å²) in [6, 6.07) is 19.1. The average Bonchev–Trinajstić information content (AvgIpc) is 3.37. The van der Waals surface area contributed by atoms with E-state index in [1.807, 2.05) is 30.3 Å². The Kier molecular flexibility index (Phi) is 6.97. The Morgan fingerprint density at radius 3 is 1.81 bits per heavy atom. The van der Waals surface area contributed by atoms with E-state index in [1.54, 1.807) is 30.3 Å². The second-order valence-electron chi connectivity index (χ2n) is 11.2. The first kappa shape index (κ1) is 28.0. The fourth-order valence-electron chi connectivity index (χ4n) is 7.39. The van der Waals surface area contributed by atoms with Gasteiger partial charge in [0.25, 0.3) is 0 Å². The van der Waals surface area contributed by atoms with E-state index in [0.717, 1.165) is 12.7 Å². The van der Waals surface area contributed by atoms with Gasteiger partial charge in [-0.05, 0) is 130 Å². The molecule has 2 aliphatic heterocycles. The van der Waals surface area contributed by atoms with Gasteiger partial charge in [-0.1, -0.05) is 29.3 Å². The maximum Gasteiger partial charge on any atom is 0.238 e. The molecule has 2 saturated heterocycles. The number of nitrogens with zero attached hydrogens (tertiary/aromatic N) is 2. The highest BCUT2D eigenvalue weighted by Crippen LogP contribution is 2.59. The van der Waals surface area contributed by atoms with Gasteiger partial charge in [0.1, 0.15) is 5.75 Å². The maximum absolute atomic E-state index is 14.1. The van der Waals surface area contributed by atoms with Crippen LogP contribution in [-0.2, 0) is 19.2 Å². The Morgan fingerprint density at radius 1 is 0.690 bits per heavy atom. The molecule has 0 spiro atoms. The number of hydrogen-bond donors (Lipinski definition) is 1. The first-order valence-corrected chi connectivity index (χ1v) is 16.1. The number of hydrogen-bond acceptors (Lipinski definition) is 5. The molecule has 0 radical (unpaired) electrons. The number of imide groups is 2. The predicted octanol–water partition coefficient (Wildman–Crippen LogP) is 6.30. The first-order chi connectivity index (χ1) is 20.2. The second-order valence-corrected chi connectivity index (χ2v) is 14.1. The van der Waals surface area contributed by atoms with Crippen LogP contribution in [0.5, 0.6) is 5.75 Å². The van der Waals surface area contributed by atoms with E-state index in [2.05, 4.69) is 45.2 Å². The Bertz CT molecular complexity index is 1710. The standard InChI is InChI=1S/C32H23ClI2N2O5/c33-25-13-19(38)9-10-21(25)26-20-11-12-22-27(31(41)36(29(22)39)17-5-1-15(34)2-6-17)23(20)14-24-28(26)32(42)37(30(24)40)18-7-3-16(35)4-8-18/h1-11,13,22-24,26-28,38H,12,14H2. The van der Waals surface area contributed by atoms with Crippen LogP contribution in [-0.4, -0.2) is 28.7 Å². The van der Waals surface area contributed by atoms with Gasteiger partial charge in [-0.3, -0.25) is 29.0 Å². The number of benzene rings is 3. The lowest BCUT2D eigenvalue weighted by Gasteiger charge is -2.44. The zero-order chi connectivity index (χ0) is 29.4. The smallest absolute Gasteiger partial charge is 0.238 e. The number of carbonyl (C=O) groups is 4. The summed E-state index contributed by atoms with van der Waals surface area (Å²) in [5.74, 6) is -4.75. The molecule has 2 aliphatic carbocycles. The maximum atomic E-state index is 14.1. The molecule has 0 aromatic heterocycles. The van der Waals surface area contributed by atoms with E-state index in [4.69, 9.17) is 11.6 Å². The molecule has 1 N–H and O–H groups in total. The fourth-order valence-corrected chi connectivity index (χ4v) is 8.41. The number of fused-ring (bicyclic) bond motifs is 4. The van der Waals surface area contributed by atoms with Crippen LogP contribution in [0.1, 0.15) is 24.3 Å². The van der Waals surface area contributed by atoms with Crippen molar-refractivity contribution in [2.45, 2.75) is 18.8 Å². The minimum absolute atomic E-state index is 0.00980. The molecular weight excluding hydrogens is 782 g/mol. The van der Waals surface area contributed by atoms with Crippen molar-refractivity contribution in [3.63, 3.8) is 0 Å². The highest BCUT2D eigenvalue weighted by Gasteiger charge is 2.62. The van der Waals surface area contributed by atoms with Crippen molar-refractivity contribution in [2.75, 3.05) is 9.80 Å². The molecule has 212 valence electrons. The third-order valence-electron chi connectivity index (χ3n) is 9.14. The van der Waals surface area contributed by atoms with Gasteiger partial charge in [0.05, 0.1) is 35.0 Å². The number of amides is 4. The van der Waals surface area contributed by atoms with Crippen LogP contribution < -0.4 is 9.80 Å². The van der Waals surface area contributed by atoms with Crippen LogP contribution in [0.3, 0.4) is 0 Å². The van der Waals surface area contributed by atoms with Gasteiger partial charge in [0.15, 0.2) is 0 Å². The molecule has 1 saturated carbocycles. The molecule has 6 atom stereocenters. The highest BCUT2D eigenvalue weighted by atomic mass is 127. The topological polar surface area (TPSA) is 95.0 Å². The van der Waals surface area contributed by atoms with Crippen LogP contribution in [0.15, 0.2) is 78.4 Å². The first-order valence-electron chi connectivity index (χ1n) is 13.6. The summed E-state index contributed by atoms with van der Waals surface area (Å²) in [5, 5.41) is 10.4. The molecule has 3 fully saturated rings. The number of rotatable bonds is 3. The van der Waals surface area contributed by atoms with Crippen LogP contribution >= 0.6 is 56.8 Å². The summed E-state index contributed by atoms with van der Waals surface area (Å²) < 4.78 is 1.97. The van der Waals surface area contributed by atoms with Gasteiger partial charge in [-0.2, -0.15) is 0 Å². The molecule has 10 heteroatoms. The van der Waals surface area contributed by atoms with E-state index in [9.17, 15) is 24.3 Å². The number of phenolic OH excluding ortho intramolecular Hbond substituents is 1. The number of halogens is 3. The molecule has 7 nitrogen and oxygen atoms in total.